The van der Waals surface area contributed by atoms with E-state index >= 15 is 0 Å². The first-order valence-corrected chi connectivity index (χ1v) is 8.31. The highest BCUT2D eigenvalue weighted by atomic mass is 19.1. The van der Waals surface area contributed by atoms with Crippen molar-refractivity contribution in [1.82, 2.24) is 9.88 Å². The lowest BCUT2D eigenvalue weighted by atomic mass is 10.1. The SMILES string of the molecule is CN(C)[C@H](CNc1oc(-c2ccccc2)nc1C#N)c1ccc(F)cc1F. The smallest absolute Gasteiger partial charge is 0.232 e. The standard InChI is InChI=1S/C20H18F2N4O/c1-26(2)18(15-9-8-14(21)10-16(15)22)12-24-20-17(11-23)25-19(27-20)13-6-4-3-5-7-13/h3-10,18,24H,12H2,1-2H3/t18-/m1/s1. The van der Waals surface area contributed by atoms with E-state index in [1.54, 1.807) is 19.0 Å². The van der Waals surface area contributed by atoms with E-state index in [0.717, 1.165) is 11.6 Å². The number of benzene rings is 2. The van der Waals surface area contributed by atoms with E-state index in [4.69, 9.17) is 4.42 Å². The molecule has 0 unspecified atom stereocenters. The molecule has 1 N–H and O–H groups in total. The van der Waals surface area contributed by atoms with Gasteiger partial charge in [-0.2, -0.15) is 10.2 Å². The fraction of sp³-hybridized carbons (Fsp3) is 0.200. The first-order chi connectivity index (χ1) is 13.0. The van der Waals surface area contributed by atoms with Crippen molar-refractivity contribution in [3.8, 4) is 17.5 Å². The highest BCUT2D eigenvalue weighted by Gasteiger charge is 2.21. The molecule has 0 aliphatic rings. The van der Waals surface area contributed by atoms with E-state index in [-0.39, 0.29) is 18.1 Å². The first-order valence-electron chi connectivity index (χ1n) is 8.31. The summed E-state index contributed by atoms with van der Waals surface area (Å²) in [5.74, 6) is -0.718. The van der Waals surface area contributed by atoms with Gasteiger partial charge in [0.1, 0.15) is 17.7 Å². The summed E-state index contributed by atoms with van der Waals surface area (Å²) in [6, 6.07) is 14.3. The first kappa shape index (κ1) is 18.5. The Morgan fingerprint density at radius 3 is 2.56 bits per heavy atom. The number of likely N-dealkylation sites (N-methyl/N-ethyl adjacent to an activating group) is 1. The zero-order chi connectivity index (χ0) is 19.4. The number of hydrogen-bond donors (Lipinski definition) is 1. The molecule has 1 heterocycles. The fourth-order valence-corrected chi connectivity index (χ4v) is 2.75. The zero-order valence-corrected chi connectivity index (χ0v) is 14.9. The van der Waals surface area contributed by atoms with Gasteiger partial charge >= 0.3 is 0 Å². The summed E-state index contributed by atoms with van der Waals surface area (Å²) in [7, 11) is 3.58. The molecule has 5 nitrogen and oxygen atoms in total. The third kappa shape index (κ3) is 4.13. The van der Waals surface area contributed by atoms with Gasteiger partial charge in [-0.05, 0) is 32.3 Å². The van der Waals surface area contributed by atoms with Gasteiger partial charge in [0.25, 0.3) is 0 Å². The van der Waals surface area contributed by atoms with E-state index in [0.29, 0.717) is 11.5 Å². The Labute approximate surface area is 155 Å². The molecule has 0 saturated carbocycles. The molecule has 1 aromatic heterocycles. The molecule has 0 saturated heterocycles. The molecule has 0 amide bonds. The molecular formula is C20H18F2N4O. The molecule has 0 fully saturated rings. The van der Waals surface area contributed by atoms with Gasteiger partial charge in [0.2, 0.25) is 17.5 Å². The summed E-state index contributed by atoms with van der Waals surface area (Å²) in [6.07, 6.45) is 0. The van der Waals surface area contributed by atoms with Crippen LogP contribution in [0, 0.1) is 23.0 Å². The molecule has 1 atom stereocenters. The van der Waals surface area contributed by atoms with Gasteiger partial charge in [-0.3, -0.25) is 0 Å². The molecule has 2 aromatic carbocycles. The summed E-state index contributed by atoms with van der Waals surface area (Å²) in [6.45, 7) is 0.244. The highest BCUT2D eigenvalue weighted by molar-refractivity contribution is 5.58. The second-order valence-electron chi connectivity index (χ2n) is 6.20. The third-order valence-electron chi connectivity index (χ3n) is 4.15. The van der Waals surface area contributed by atoms with Crippen LogP contribution in [0.5, 0.6) is 0 Å². The number of nitrogens with one attached hydrogen (secondary N) is 1. The second kappa shape index (κ2) is 7.98. The molecule has 7 heteroatoms. The van der Waals surface area contributed by atoms with Crippen LogP contribution in [0.3, 0.4) is 0 Å². The zero-order valence-electron chi connectivity index (χ0n) is 14.9. The molecule has 3 rings (SSSR count). The number of oxazole rings is 1. The topological polar surface area (TPSA) is 65.1 Å². The van der Waals surface area contributed by atoms with Gasteiger partial charge in [0, 0.05) is 23.7 Å². The molecule has 0 radical (unpaired) electrons. The van der Waals surface area contributed by atoms with Gasteiger partial charge in [-0.25, -0.2) is 8.78 Å². The van der Waals surface area contributed by atoms with E-state index < -0.39 is 17.7 Å². The Morgan fingerprint density at radius 1 is 1.19 bits per heavy atom. The van der Waals surface area contributed by atoms with E-state index in [2.05, 4.69) is 10.3 Å². The third-order valence-corrected chi connectivity index (χ3v) is 4.15. The van der Waals surface area contributed by atoms with Crippen molar-refractivity contribution in [3.05, 3.63) is 71.4 Å². The van der Waals surface area contributed by atoms with E-state index in [9.17, 15) is 14.0 Å². The van der Waals surface area contributed by atoms with E-state index in [1.165, 1.54) is 12.1 Å². The van der Waals surface area contributed by atoms with Crippen molar-refractivity contribution in [2.45, 2.75) is 6.04 Å². The molecule has 0 bridgehead atoms. The van der Waals surface area contributed by atoms with E-state index in [1.807, 2.05) is 36.4 Å². The Kier molecular flexibility index (Phi) is 5.48. The summed E-state index contributed by atoms with van der Waals surface area (Å²) >= 11 is 0. The van der Waals surface area contributed by atoms with Crippen molar-refractivity contribution in [2.24, 2.45) is 0 Å². The van der Waals surface area contributed by atoms with Gasteiger partial charge in [0.15, 0.2) is 0 Å². The quantitative estimate of drug-likeness (QED) is 0.706. The summed E-state index contributed by atoms with van der Waals surface area (Å²) in [4.78, 5) is 5.99. The van der Waals surface area contributed by atoms with Crippen LogP contribution in [0.1, 0.15) is 17.3 Å². The second-order valence-corrected chi connectivity index (χ2v) is 6.20. The molecule has 27 heavy (non-hydrogen) atoms. The normalized spacial score (nSPS) is 12.0. The maximum Gasteiger partial charge on any atom is 0.232 e. The molecule has 0 spiro atoms. The summed E-state index contributed by atoms with van der Waals surface area (Å²) in [5, 5.41) is 12.3. The van der Waals surface area contributed by atoms with Crippen LogP contribution in [0.15, 0.2) is 52.9 Å². The number of nitriles is 1. The van der Waals surface area contributed by atoms with Crippen LogP contribution >= 0.6 is 0 Å². The number of halogens is 2. The van der Waals surface area contributed by atoms with Gasteiger partial charge < -0.3 is 14.6 Å². The number of rotatable bonds is 6. The molecule has 138 valence electrons. The predicted octanol–water partition coefficient (Wildman–Crippen LogP) is 4.21. The minimum atomic E-state index is -0.629. The van der Waals surface area contributed by atoms with Crippen molar-refractivity contribution in [3.63, 3.8) is 0 Å². The number of aromatic nitrogens is 1. The van der Waals surface area contributed by atoms with Crippen LogP contribution in [-0.2, 0) is 0 Å². The largest absolute Gasteiger partial charge is 0.419 e. The van der Waals surface area contributed by atoms with Gasteiger partial charge in [-0.1, -0.05) is 24.3 Å². The van der Waals surface area contributed by atoms with Crippen molar-refractivity contribution >= 4 is 5.88 Å². The average Bonchev–Trinajstić information content (AvgIpc) is 3.07. The monoisotopic (exact) mass is 368 g/mol. The van der Waals surface area contributed by atoms with Gasteiger partial charge in [0.05, 0.1) is 6.04 Å². The van der Waals surface area contributed by atoms with Crippen molar-refractivity contribution in [1.29, 1.82) is 5.26 Å². The number of hydrogen-bond acceptors (Lipinski definition) is 5. The minimum Gasteiger partial charge on any atom is -0.419 e. The van der Waals surface area contributed by atoms with Crippen LogP contribution in [0.2, 0.25) is 0 Å². The Hall–Kier alpha value is -3.24. The number of anilines is 1. The molecule has 3 aromatic rings. The maximum atomic E-state index is 14.2. The number of nitrogens with zero attached hydrogens (tertiary/aromatic N) is 3. The minimum absolute atomic E-state index is 0.117. The Morgan fingerprint density at radius 2 is 1.93 bits per heavy atom. The summed E-state index contributed by atoms with van der Waals surface area (Å²) in [5.41, 5.74) is 1.21. The van der Waals surface area contributed by atoms with Crippen LogP contribution < -0.4 is 5.32 Å². The molecular weight excluding hydrogens is 350 g/mol. The van der Waals surface area contributed by atoms with Crippen molar-refractivity contribution in [2.75, 3.05) is 26.0 Å². The highest BCUT2D eigenvalue weighted by Crippen LogP contribution is 2.27. The summed E-state index contributed by atoms with van der Waals surface area (Å²) < 4.78 is 33.1. The van der Waals surface area contributed by atoms with Crippen LogP contribution in [0.25, 0.3) is 11.5 Å². The lowest BCUT2D eigenvalue weighted by Crippen LogP contribution is -2.27. The van der Waals surface area contributed by atoms with Gasteiger partial charge in [-0.15, -0.1) is 0 Å². The van der Waals surface area contributed by atoms with Crippen LogP contribution in [-0.4, -0.2) is 30.5 Å². The Bertz CT molecular complexity index is 964. The van der Waals surface area contributed by atoms with Crippen molar-refractivity contribution < 1.29 is 13.2 Å². The maximum absolute atomic E-state index is 14.2. The van der Waals surface area contributed by atoms with Crippen LogP contribution in [0.4, 0.5) is 14.7 Å². The Balaban J connectivity index is 1.84. The lowest BCUT2D eigenvalue weighted by Gasteiger charge is -2.25. The average molecular weight is 368 g/mol. The molecule has 0 aliphatic carbocycles. The lowest BCUT2D eigenvalue weighted by molar-refractivity contribution is 0.302. The molecule has 0 aliphatic heterocycles. The fourth-order valence-electron chi connectivity index (χ4n) is 2.75. The predicted molar refractivity (Wildman–Crippen MR) is 97.9 cm³/mol.